The third kappa shape index (κ3) is 5.62. The zero-order chi connectivity index (χ0) is 28.8. The first kappa shape index (κ1) is 29.6. The molecule has 8 heteroatoms. The maximum Gasteiger partial charge on any atom is 0.237 e. The van der Waals surface area contributed by atoms with Crippen LogP contribution in [0.1, 0.15) is 83.3 Å². The van der Waals surface area contributed by atoms with Gasteiger partial charge in [-0.1, -0.05) is 56.1 Å². The number of amides is 1. The van der Waals surface area contributed by atoms with E-state index in [0.29, 0.717) is 17.5 Å². The molecule has 1 saturated carbocycles. The second kappa shape index (κ2) is 11.4. The molecule has 0 bridgehead atoms. The van der Waals surface area contributed by atoms with Gasteiger partial charge in [0.2, 0.25) is 5.91 Å². The number of aliphatic hydroxyl groups is 1. The lowest BCUT2D eigenvalue weighted by atomic mass is 9.60. The second-order valence-electron chi connectivity index (χ2n) is 13.4. The Morgan fingerprint density at radius 3 is 2.65 bits per heavy atom. The fourth-order valence-electron chi connectivity index (χ4n) is 7.74. The molecule has 218 valence electrons. The Bertz CT molecular complexity index is 1250. The van der Waals surface area contributed by atoms with Crippen LogP contribution >= 0.6 is 23.2 Å². The van der Waals surface area contributed by atoms with E-state index in [1.165, 1.54) is 0 Å². The number of benzene rings is 2. The van der Waals surface area contributed by atoms with E-state index in [9.17, 15) is 9.90 Å². The van der Waals surface area contributed by atoms with Crippen molar-refractivity contribution in [2.24, 2.45) is 11.3 Å². The third-order valence-electron chi connectivity index (χ3n) is 9.33. The number of carbonyl (C=O) groups excluding carboxylic acids is 1. The van der Waals surface area contributed by atoms with Crippen LogP contribution in [-0.2, 0) is 10.2 Å². The van der Waals surface area contributed by atoms with Crippen molar-refractivity contribution in [2.75, 3.05) is 11.9 Å². The Labute approximate surface area is 247 Å². The fourth-order valence-corrected chi connectivity index (χ4v) is 8.10. The van der Waals surface area contributed by atoms with E-state index in [1.807, 2.05) is 24.3 Å². The van der Waals surface area contributed by atoms with E-state index < -0.39 is 17.3 Å². The monoisotopic (exact) mass is 589 g/mol. The van der Waals surface area contributed by atoms with E-state index in [0.717, 1.165) is 55.3 Å². The van der Waals surface area contributed by atoms with Crippen molar-refractivity contribution in [3.05, 3.63) is 63.4 Å². The second-order valence-corrected chi connectivity index (χ2v) is 14.2. The molecule has 1 aliphatic carbocycles. The number of anilines is 1. The summed E-state index contributed by atoms with van der Waals surface area (Å²) in [7, 11) is 0. The standard InChI is InChI=1S/C32H42Cl2FN3O2/c1-18-32(23-15-25(35)24(34)16-26(23)37-18)27(17-31(2,3)4)38-29(28(32)20-8-5-9-21(33)14-20)30(40)36-12-6-7-19-10-11-22(39)13-19/h5,8-9,14-16,18-19,22,27-29,37-39H,6-7,10-13,17H2,1-4H3,(H,36,40)/t18?,19-,22+,27-,28+,29-,32-/m1/s1. The number of rotatable bonds is 7. The van der Waals surface area contributed by atoms with Crippen LogP contribution in [0.15, 0.2) is 36.4 Å². The Morgan fingerprint density at radius 1 is 1.20 bits per heavy atom. The highest BCUT2D eigenvalue weighted by atomic mass is 35.5. The highest BCUT2D eigenvalue weighted by Gasteiger charge is 2.64. The SMILES string of the molecule is CC1Nc2cc(Cl)c(F)cc2[C@@]12[C@@H](CC(C)(C)C)N[C@@H](C(=O)NCCC[C@@H]1CC[C@H](O)C1)[C@@H]2c1cccc(Cl)c1. The molecule has 3 aliphatic rings. The molecule has 2 aliphatic heterocycles. The molecule has 40 heavy (non-hydrogen) atoms. The molecule has 2 heterocycles. The predicted octanol–water partition coefficient (Wildman–Crippen LogP) is 6.80. The molecule has 1 unspecified atom stereocenters. The summed E-state index contributed by atoms with van der Waals surface area (Å²) in [5, 5.41) is 21.1. The summed E-state index contributed by atoms with van der Waals surface area (Å²) in [5.41, 5.74) is 1.94. The van der Waals surface area contributed by atoms with Crippen LogP contribution in [0.4, 0.5) is 10.1 Å². The van der Waals surface area contributed by atoms with Crippen molar-refractivity contribution in [1.29, 1.82) is 0 Å². The van der Waals surface area contributed by atoms with Gasteiger partial charge in [0.25, 0.3) is 0 Å². The Kier molecular flexibility index (Phi) is 8.47. The average Bonchev–Trinajstić information content (AvgIpc) is 3.51. The lowest BCUT2D eigenvalue weighted by molar-refractivity contribution is -0.123. The minimum absolute atomic E-state index is 0.0474. The van der Waals surface area contributed by atoms with Gasteiger partial charge >= 0.3 is 0 Å². The van der Waals surface area contributed by atoms with E-state index in [4.69, 9.17) is 23.2 Å². The number of fused-ring (bicyclic) bond motifs is 2. The summed E-state index contributed by atoms with van der Waals surface area (Å²) in [6, 6.07) is 10.2. The van der Waals surface area contributed by atoms with Crippen LogP contribution in [0.25, 0.3) is 0 Å². The van der Waals surface area contributed by atoms with Gasteiger partial charge < -0.3 is 21.1 Å². The number of halogens is 3. The fraction of sp³-hybridized carbons (Fsp3) is 0.594. The van der Waals surface area contributed by atoms with Gasteiger partial charge in [0.05, 0.1) is 17.2 Å². The zero-order valence-electron chi connectivity index (χ0n) is 23.9. The number of hydrogen-bond donors (Lipinski definition) is 4. The minimum Gasteiger partial charge on any atom is -0.393 e. The van der Waals surface area contributed by atoms with Gasteiger partial charge in [0.1, 0.15) is 5.82 Å². The molecule has 5 rings (SSSR count). The van der Waals surface area contributed by atoms with Crippen LogP contribution < -0.4 is 16.0 Å². The molecule has 1 spiro atoms. The molecule has 0 aromatic heterocycles. The van der Waals surface area contributed by atoms with Gasteiger partial charge in [0.15, 0.2) is 0 Å². The van der Waals surface area contributed by atoms with Crippen molar-refractivity contribution in [3.8, 4) is 0 Å². The Morgan fingerprint density at radius 2 is 1.98 bits per heavy atom. The van der Waals surface area contributed by atoms with Gasteiger partial charge in [-0.05, 0) is 92.2 Å². The van der Waals surface area contributed by atoms with Crippen LogP contribution in [-0.4, -0.2) is 41.8 Å². The quantitative estimate of drug-likeness (QED) is 0.268. The minimum atomic E-state index is -0.624. The molecule has 7 atom stereocenters. The molecule has 4 N–H and O–H groups in total. The summed E-state index contributed by atoms with van der Waals surface area (Å²) in [6.45, 7) is 9.29. The summed E-state index contributed by atoms with van der Waals surface area (Å²) < 4.78 is 15.1. The van der Waals surface area contributed by atoms with Gasteiger partial charge in [-0.15, -0.1) is 0 Å². The van der Waals surface area contributed by atoms with E-state index >= 15 is 4.39 Å². The zero-order valence-corrected chi connectivity index (χ0v) is 25.4. The molecule has 2 aromatic carbocycles. The molecule has 2 aromatic rings. The number of aliphatic hydroxyl groups excluding tert-OH is 1. The first-order valence-electron chi connectivity index (χ1n) is 14.6. The van der Waals surface area contributed by atoms with Gasteiger partial charge in [-0.25, -0.2) is 4.39 Å². The van der Waals surface area contributed by atoms with Crippen molar-refractivity contribution in [2.45, 2.75) is 102 Å². The summed E-state index contributed by atoms with van der Waals surface area (Å²) in [4.78, 5) is 14.0. The molecule has 0 radical (unpaired) electrons. The van der Waals surface area contributed by atoms with E-state index in [-0.39, 0.29) is 40.5 Å². The molecule has 5 nitrogen and oxygen atoms in total. The lowest BCUT2D eigenvalue weighted by Crippen LogP contribution is -2.51. The molecule has 1 amide bonds. The van der Waals surface area contributed by atoms with Crippen molar-refractivity contribution in [1.82, 2.24) is 10.6 Å². The highest BCUT2D eigenvalue weighted by molar-refractivity contribution is 6.31. The van der Waals surface area contributed by atoms with Crippen molar-refractivity contribution >= 4 is 34.8 Å². The van der Waals surface area contributed by atoms with Crippen molar-refractivity contribution in [3.63, 3.8) is 0 Å². The predicted molar refractivity (Wildman–Crippen MR) is 161 cm³/mol. The van der Waals surface area contributed by atoms with Gasteiger partial charge in [-0.2, -0.15) is 0 Å². The van der Waals surface area contributed by atoms with E-state index in [2.05, 4.69) is 43.6 Å². The maximum absolute atomic E-state index is 15.1. The van der Waals surface area contributed by atoms with Gasteiger partial charge in [0, 0.05) is 40.7 Å². The van der Waals surface area contributed by atoms with Crippen LogP contribution in [0.3, 0.4) is 0 Å². The normalized spacial score (nSPS) is 31.4. The largest absolute Gasteiger partial charge is 0.393 e. The topological polar surface area (TPSA) is 73.4 Å². The van der Waals surface area contributed by atoms with Crippen LogP contribution in [0, 0.1) is 17.2 Å². The first-order chi connectivity index (χ1) is 18.9. The van der Waals surface area contributed by atoms with Crippen LogP contribution in [0.5, 0.6) is 0 Å². The number of nitrogens with one attached hydrogen (secondary N) is 3. The number of hydrogen-bond acceptors (Lipinski definition) is 4. The van der Waals surface area contributed by atoms with Gasteiger partial charge in [-0.3, -0.25) is 4.79 Å². The molecule has 2 fully saturated rings. The maximum atomic E-state index is 15.1. The molecule has 1 saturated heterocycles. The van der Waals surface area contributed by atoms with Crippen molar-refractivity contribution < 1.29 is 14.3 Å². The molecular weight excluding hydrogens is 548 g/mol. The lowest BCUT2D eigenvalue weighted by Gasteiger charge is -2.43. The highest BCUT2D eigenvalue weighted by Crippen LogP contribution is 2.59. The first-order valence-corrected chi connectivity index (χ1v) is 15.4. The Balaban J connectivity index is 1.52. The average molecular weight is 591 g/mol. The summed E-state index contributed by atoms with van der Waals surface area (Å²) in [5.74, 6) is -0.283. The summed E-state index contributed by atoms with van der Waals surface area (Å²) >= 11 is 12.7. The van der Waals surface area contributed by atoms with E-state index in [1.54, 1.807) is 12.1 Å². The number of carbonyl (C=O) groups is 1. The smallest absolute Gasteiger partial charge is 0.237 e. The Hall–Kier alpha value is -1.86. The molecular formula is C32H42Cl2FN3O2. The van der Waals surface area contributed by atoms with Crippen LogP contribution in [0.2, 0.25) is 10.0 Å². The summed E-state index contributed by atoms with van der Waals surface area (Å²) in [6.07, 6.45) is 5.27. The third-order valence-corrected chi connectivity index (χ3v) is 9.85.